The first-order chi connectivity index (χ1) is 38.3. The molecule has 7 unspecified atom stereocenters. The fourth-order valence-corrected chi connectivity index (χ4v) is 10.8. The van der Waals surface area contributed by atoms with Gasteiger partial charge in [0.25, 0.3) is 0 Å². The van der Waals surface area contributed by atoms with E-state index in [-0.39, 0.29) is 12.5 Å². The van der Waals surface area contributed by atoms with E-state index in [9.17, 15) is 30.3 Å². The molecule has 78 heavy (non-hydrogen) atoms. The van der Waals surface area contributed by atoms with Crippen LogP contribution in [0.3, 0.4) is 0 Å². The van der Waals surface area contributed by atoms with Gasteiger partial charge in [-0.15, -0.1) is 0 Å². The molecule has 0 aliphatic carbocycles. The van der Waals surface area contributed by atoms with Crippen LogP contribution in [0.1, 0.15) is 328 Å². The van der Waals surface area contributed by atoms with Crippen LogP contribution < -0.4 is 5.32 Å². The summed E-state index contributed by atoms with van der Waals surface area (Å²) in [6.45, 7) is 3.79. The van der Waals surface area contributed by atoms with E-state index in [1.54, 1.807) is 6.08 Å². The van der Waals surface area contributed by atoms with Crippen molar-refractivity contribution in [1.29, 1.82) is 0 Å². The predicted molar refractivity (Wildman–Crippen MR) is 332 cm³/mol. The summed E-state index contributed by atoms with van der Waals surface area (Å²) in [5.74, 6) is -0.172. The van der Waals surface area contributed by atoms with Gasteiger partial charge in [0, 0.05) is 6.42 Å². The van der Waals surface area contributed by atoms with Gasteiger partial charge in [-0.3, -0.25) is 4.79 Å². The van der Waals surface area contributed by atoms with Crippen molar-refractivity contribution in [1.82, 2.24) is 5.32 Å². The Morgan fingerprint density at radius 2 is 0.756 bits per heavy atom. The van der Waals surface area contributed by atoms with Crippen LogP contribution in [0, 0.1) is 0 Å². The fraction of sp³-hybridized carbons (Fsp3) is 0.870. The van der Waals surface area contributed by atoms with Gasteiger partial charge in [-0.2, -0.15) is 0 Å². The molecule has 1 amide bonds. The molecule has 1 aliphatic rings. The number of nitrogens with one attached hydrogen (secondary N) is 1. The van der Waals surface area contributed by atoms with Crippen molar-refractivity contribution in [3.63, 3.8) is 0 Å². The van der Waals surface area contributed by atoms with Crippen molar-refractivity contribution in [2.24, 2.45) is 0 Å². The number of carbonyl (C=O) groups is 1. The number of carbonyl (C=O) groups excluding carboxylic acids is 1. The van der Waals surface area contributed by atoms with E-state index in [1.807, 2.05) is 6.08 Å². The molecule has 0 aromatic carbocycles. The monoisotopic (exact) mass is 1100 g/mol. The highest BCUT2D eigenvalue weighted by atomic mass is 16.7. The maximum atomic E-state index is 13.1. The summed E-state index contributed by atoms with van der Waals surface area (Å²) in [6, 6.07) is -0.803. The quantitative estimate of drug-likeness (QED) is 0.0261. The minimum absolute atomic E-state index is 0.172. The van der Waals surface area contributed by atoms with E-state index < -0.39 is 49.5 Å². The molecule has 0 saturated carbocycles. The Kier molecular flexibility index (Phi) is 55.5. The number of allylic oxidation sites excluding steroid dienone is 7. The zero-order valence-corrected chi connectivity index (χ0v) is 51.2. The Balaban J connectivity index is 2.01. The standard InChI is InChI=1S/C69H129NO8/c1-3-5-7-9-11-13-15-17-19-20-21-22-23-24-25-26-27-28-29-30-31-32-33-34-35-36-37-38-39-40-41-42-43-44-45-47-49-51-53-55-57-59-65(73)70-62(61-77-69-68(76)67(75)66(74)64(60-71)78-69)63(72)58-56-54-52-50-48-46-18-16-14-12-10-8-6-4-2/h15,17,20-21,23-24,56,58,62-64,66-69,71-72,74-76H,3-14,16,18-19,22,25-55,57,59-61H2,1-2H3,(H,70,73)/b17-15-,21-20-,24-23-,58-56+. The summed E-state index contributed by atoms with van der Waals surface area (Å²) in [6.07, 6.45) is 72.3. The highest BCUT2D eigenvalue weighted by molar-refractivity contribution is 5.76. The molecule has 0 spiro atoms. The first-order valence-electron chi connectivity index (χ1n) is 33.9. The maximum absolute atomic E-state index is 13.1. The molecule has 9 nitrogen and oxygen atoms in total. The lowest BCUT2D eigenvalue weighted by Crippen LogP contribution is -2.60. The van der Waals surface area contributed by atoms with Crippen LogP contribution >= 0.6 is 0 Å². The zero-order chi connectivity index (χ0) is 56.5. The minimum atomic E-state index is -1.57. The maximum Gasteiger partial charge on any atom is 0.220 e. The number of hydrogen-bond acceptors (Lipinski definition) is 8. The molecule has 1 rings (SSSR count). The molecule has 458 valence electrons. The largest absolute Gasteiger partial charge is 0.394 e. The van der Waals surface area contributed by atoms with Gasteiger partial charge in [0.1, 0.15) is 24.4 Å². The van der Waals surface area contributed by atoms with Crippen LogP contribution in [0.25, 0.3) is 0 Å². The second-order valence-electron chi connectivity index (χ2n) is 23.6. The Morgan fingerprint density at radius 3 is 1.12 bits per heavy atom. The van der Waals surface area contributed by atoms with E-state index in [0.717, 1.165) is 51.4 Å². The van der Waals surface area contributed by atoms with Gasteiger partial charge in [0.15, 0.2) is 6.29 Å². The van der Waals surface area contributed by atoms with Gasteiger partial charge in [0.05, 0.1) is 25.4 Å². The van der Waals surface area contributed by atoms with Crippen LogP contribution in [-0.4, -0.2) is 87.5 Å². The molecular formula is C69H129NO8. The number of rotatable bonds is 59. The third-order valence-corrected chi connectivity index (χ3v) is 16.1. The van der Waals surface area contributed by atoms with Crippen molar-refractivity contribution in [2.45, 2.75) is 371 Å². The Bertz CT molecular complexity index is 1370. The Hall–Kier alpha value is -1.85. The average molecular weight is 1100 g/mol. The number of ether oxygens (including phenoxy) is 2. The SMILES string of the molecule is CCCCCCC/C=C\C/C=C\C/C=C\CCCCCCCCCCCCCCCCCCCCCCCCCCCCC(=O)NC(COC1OC(CO)C(O)C(O)C1O)C(O)/C=C/CCCCCCCCCCCCCC. The van der Waals surface area contributed by atoms with E-state index in [2.05, 4.69) is 55.6 Å². The molecule has 0 bridgehead atoms. The molecule has 0 aromatic heterocycles. The molecule has 0 radical (unpaired) electrons. The average Bonchev–Trinajstić information content (AvgIpc) is 3.46. The highest BCUT2D eigenvalue weighted by Gasteiger charge is 2.44. The number of amides is 1. The normalized spacial score (nSPS) is 18.9. The summed E-state index contributed by atoms with van der Waals surface area (Å²) in [5, 5.41) is 54.5. The van der Waals surface area contributed by atoms with E-state index in [1.165, 1.54) is 257 Å². The molecule has 6 N–H and O–H groups in total. The number of aliphatic hydroxyl groups is 5. The predicted octanol–water partition coefficient (Wildman–Crippen LogP) is 18.0. The fourth-order valence-electron chi connectivity index (χ4n) is 10.8. The van der Waals surface area contributed by atoms with Gasteiger partial charge < -0.3 is 40.3 Å². The third-order valence-electron chi connectivity index (χ3n) is 16.1. The molecule has 1 aliphatic heterocycles. The molecule has 9 heteroatoms. The second-order valence-corrected chi connectivity index (χ2v) is 23.6. The number of unbranched alkanes of at least 4 members (excludes halogenated alkanes) is 43. The smallest absolute Gasteiger partial charge is 0.220 e. The minimum Gasteiger partial charge on any atom is -0.394 e. The van der Waals surface area contributed by atoms with E-state index in [0.29, 0.717) is 6.42 Å². The van der Waals surface area contributed by atoms with Gasteiger partial charge in [0.2, 0.25) is 5.91 Å². The lowest BCUT2D eigenvalue weighted by Gasteiger charge is -2.40. The first kappa shape index (κ1) is 74.2. The number of hydrogen-bond donors (Lipinski definition) is 6. The molecule has 1 fully saturated rings. The van der Waals surface area contributed by atoms with E-state index >= 15 is 0 Å². The molecular weight excluding hydrogens is 971 g/mol. The molecule has 1 saturated heterocycles. The van der Waals surface area contributed by atoms with Crippen LogP contribution in [0.2, 0.25) is 0 Å². The molecule has 0 aromatic rings. The molecule has 1 heterocycles. The van der Waals surface area contributed by atoms with Gasteiger partial charge >= 0.3 is 0 Å². The van der Waals surface area contributed by atoms with Crippen LogP contribution in [0.15, 0.2) is 48.6 Å². The lowest BCUT2D eigenvalue weighted by molar-refractivity contribution is -0.302. The Labute approximate surface area is 482 Å². The second kappa shape index (κ2) is 58.4. The summed E-state index contributed by atoms with van der Waals surface area (Å²) in [4.78, 5) is 13.1. The van der Waals surface area contributed by atoms with Crippen molar-refractivity contribution >= 4 is 5.91 Å². The van der Waals surface area contributed by atoms with Gasteiger partial charge in [-0.1, -0.05) is 313 Å². The third kappa shape index (κ3) is 46.7. The van der Waals surface area contributed by atoms with Crippen molar-refractivity contribution in [2.75, 3.05) is 13.2 Å². The summed E-state index contributed by atoms with van der Waals surface area (Å²) in [5.41, 5.74) is 0. The van der Waals surface area contributed by atoms with Crippen molar-refractivity contribution < 1.29 is 39.8 Å². The van der Waals surface area contributed by atoms with Crippen molar-refractivity contribution in [3.8, 4) is 0 Å². The highest BCUT2D eigenvalue weighted by Crippen LogP contribution is 2.23. The first-order valence-corrected chi connectivity index (χ1v) is 33.9. The van der Waals surface area contributed by atoms with Gasteiger partial charge in [-0.25, -0.2) is 0 Å². The topological polar surface area (TPSA) is 149 Å². The van der Waals surface area contributed by atoms with Crippen LogP contribution in [0.5, 0.6) is 0 Å². The zero-order valence-electron chi connectivity index (χ0n) is 51.2. The lowest BCUT2D eigenvalue weighted by atomic mass is 9.99. The van der Waals surface area contributed by atoms with Gasteiger partial charge in [-0.05, 0) is 57.8 Å². The summed E-state index contributed by atoms with van der Waals surface area (Å²) in [7, 11) is 0. The summed E-state index contributed by atoms with van der Waals surface area (Å²) >= 11 is 0. The van der Waals surface area contributed by atoms with Crippen LogP contribution in [-0.2, 0) is 14.3 Å². The number of aliphatic hydroxyl groups excluding tert-OH is 5. The van der Waals surface area contributed by atoms with Crippen LogP contribution in [0.4, 0.5) is 0 Å². The Morgan fingerprint density at radius 1 is 0.436 bits per heavy atom. The van der Waals surface area contributed by atoms with Crippen molar-refractivity contribution in [3.05, 3.63) is 48.6 Å². The van der Waals surface area contributed by atoms with E-state index in [4.69, 9.17) is 9.47 Å². The summed E-state index contributed by atoms with van der Waals surface area (Å²) < 4.78 is 11.3. The molecule has 7 atom stereocenters.